The van der Waals surface area contributed by atoms with Crippen molar-refractivity contribution in [2.45, 2.75) is 11.8 Å². The number of carbonyl (C=O) groups excluding carboxylic acids is 1. The molecule has 1 rings (SSSR count). The van der Waals surface area contributed by atoms with E-state index < -0.39 is 21.7 Å². The second kappa shape index (κ2) is 4.37. The molecular formula is C8H9FN2O3S. The molecule has 2 N–H and O–H groups in total. The van der Waals surface area contributed by atoms with E-state index in [1.54, 1.807) is 0 Å². The molecule has 0 saturated heterocycles. The average molecular weight is 232 g/mol. The minimum absolute atomic E-state index is 0.127. The average Bonchev–Trinajstić information content (AvgIpc) is 2.16. The molecule has 0 spiro atoms. The summed E-state index contributed by atoms with van der Waals surface area (Å²) in [6, 6.07) is 4.23. The molecule has 0 fully saturated rings. The third-order valence-electron chi connectivity index (χ3n) is 1.49. The lowest BCUT2D eigenvalue weighted by Gasteiger charge is -2.05. The molecule has 15 heavy (non-hydrogen) atoms. The number of hydrazine groups is 1. The lowest BCUT2D eigenvalue weighted by atomic mass is 10.4. The zero-order valence-corrected chi connectivity index (χ0v) is 8.64. The summed E-state index contributed by atoms with van der Waals surface area (Å²) in [4.78, 5) is 12.2. The van der Waals surface area contributed by atoms with Crippen molar-refractivity contribution >= 4 is 15.9 Å². The van der Waals surface area contributed by atoms with Crippen LogP contribution in [0, 0.1) is 5.82 Å². The molecule has 0 atom stereocenters. The molecule has 0 aromatic heterocycles. The third kappa shape index (κ3) is 3.30. The molecule has 1 aromatic rings. The van der Waals surface area contributed by atoms with Gasteiger partial charge in [0.05, 0.1) is 4.90 Å². The van der Waals surface area contributed by atoms with Gasteiger partial charge < -0.3 is 0 Å². The van der Waals surface area contributed by atoms with Gasteiger partial charge >= 0.3 is 0 Å². The maximum atomic E-state index is 12.5. The molecular weight excluding hydrogens is 223 g/mol. The highest BCUT2D eigenvalue weighted by molar-refractivity contribution is 7.89. The van der Waals surface area contributed by atoms with Gasteiger partial charge in [-0.3, -0.25) is 10.2 Å². The van der Waals surface area contributed by atoms with Gasteiger partial charge in [-0.05, 0) is 24.3 Å². The molecule has 0 radical (unpaired) electrons. The van der Waals surface area contributed by atoms with E-state index in [2.05, 4.69) is 0 Å². The number of halogens is 1. The Kier molecular flexibility index (Phi) is 3.38. The Balaban J connectivity index is 2.87. The van der Waals surface area contributed by atoms with E-state index in [1.165, 1.54) is 0 Å². The maximum Gasteiger partial charge on any atom is 0.257 e. The zero-order chi connectivity index (χ0) is 11.5. The molecule has 0 aliphatic rings. The number of hydrogen-bond donors (Lipinski definition) is 2. The van der Waals surface area contributed by atoms with Crippen LogP contribution in [0.4, 0.5) is 4.39 Å². The van der Waals surface area contributed by atoms with Crippen LogP contribution >= 0.6 is 0 Å². The summed E-state index contributed by atoms with van der Waals surface area (Å²) in [5.74, 6) is -1.07. The molecule has 0 aliphatic carbocycles. The van der Waals surface area contributed by atoms with Crippen LogP contribution in [0.25, 0.3) is 0 Å². The molecule has 82 valence electrons. The minimum Gasteiger partial charge on any atom is -0.278 e. The standard InChI is InChI=1S/C8H9FN2O3S/c1-6(12)10-11-15(13,14)8-4-2-7(9)3-5-8/h2-5,11H,1H3,(H,10,12). The molecule has 0 saturated carbocycles. The summed E-state index contributed by atoms with van der Waals surface area (Å²) in [7, 11) is -3.82. The quantitative estimate of drug-likeness (QED) is 0.729. The van der Waals surface area contributed by atoms with Gasteiger partial charge in [0.1, 0.15) is 5.82 Å². The molecule has 0 unspecified atom stereocenters. The SMILES string of the molecule is CC(=O)NNS(=O)(=O)c1ccc(F)cc1. The van der Waals surface area contributed by atoms with Gasteiger partial charge in [0.25, 0.3) is 10.0 Å². The van der Waals surface area contributed by atoms with Crippen molar-refractivity contribution in [2.75, 3.05) is 0 Å². The summed E-state index contributed by atoms with van der Waals surface area (Å²) in [6.07, 6.45) is 0. The molecule has 0 aliphatic heterocycles. The summed E-state index contributed by atoms with van der Waals surface area (Å²) in [6.45, 7) is 1.16. The van der Waals surface area contributed by atoms with Gasteiger partial charge in [-0.25, -0.2) is 12.8 Å². The van der Waals surface area contributed by atoms with E-state index in [-0.39, 0.29) is 4.90 Å². The Hall–Kier alpha value is -1.47. The first-order valence-electron chi connectivity index (χ1n) is 3.96. The highest BCUT2D eigenvalue weighted by Gasteiger charge is 2.13. The van der Waals surface area contributed by atoms with Crippen molar-refractivity contribution in [3.63, 3.8) is 0 Å². The fourth-order valence-corrected chi connectivity index (χ4v) is 1.70. The summed E-state index contributed by atoms with van der Waals surface area (Å²) in [5, 5.41) is 0. The minimum atomic E-state index is -3.82. The molecule has 1 aromatic carbocycles. The van der Waals surface area contributed by atoms with Gasteiger partial charge in [0.15, 0.2) is 0 Å². The van der Waals surface area contributed by atoms with Gasteiger partial charge in [-0.15, -0.1) is 4.83 Å². The second-order valence-corrected chi connectivity index (χ2v) is 4.42. The van der Waals surface area contributed by atoms with Crippen LogP contribution in [0.15, 0.2) is 29.2 Å². The normalized spacial score (nSPS) is 11.1. The lowest BCUT2D eigenvalue weighted by Crippen LogP contribution is -2.40. The molecule has 0 bridgehead atoms. The Labute approximate surface area is 86.3 Å². The van der Waals surface area contributed by atoms with E-state index in [0.717, 1.165) is 31.2 Å². The highest BCUT2D eigenvalue weighted by Crippen LogP contribution is 2.08. The van der Waals surface area contributed by atoms with Crippen LogP contribution in [0.5, 0.6) is 0 Å². The number of nitrogens with one attached hydrogen (secondary N) is 2. The zero-order valence-electron chi connectivity index (χ0n) is 7.82. The summed E-state index contributed by atoms with van der Waals surface area (Å²) in [5.41, 5.74) is 1.93. The number of sulfonamides is 1. The van der Waals surface area contributed by atoms with E-state index >= 15 is 0 Å². The second-order valence-electron chi connectivity index (χ2n) is 2.74. The number of amides is 1. The van der Waals surface area contributed by atoms with Crippen molar-refractivity contribution in [1.29, 1.82) is 0 Å². The van der Waals surface area contributed by atoms with E-state index in [9.17, 15) is 17.6 Å². The van der Waals surface area contributed by atoms with Crippen molar-refractivity contribution in [3.8, 4) is 0 Å². The van der Waals surface area contributed by atoms with E-state index in [1.807, 2.05) is 10.3 Å². The maximum absolute atomic E-state index is 12.5. The molecule has 1 amide bonds. The van der Waals surface area contributed by atoms with Gasteiger partial charge in [0.2, 0.25) is 5.91 Å². The van der Waals surface area contributed by atoms with Crippen molar-refractivity contribution in [3.05, 3.63) is 30.1 Å². The number of benzene rings is 1. The Bertz CT molecular complexity index is 455. The Morgan fingerprint density at radius 3 is 2.27 bits per heavy atom. The number of rotatable bonds is 3. The van der Waals surface area contributed by atoms with Crippen molar-refractivity contribution < 1.29 is 17.6 Å². The van der Waals surface area contributed by atoms with Crippen LogP contribution in [0.3, 0.4) is 0 Å². The Morgan fingerprint density at radius 2 is 1.80 bits per heavy atom. The highest BCUT2D eigenvalue weighted by atomic mass is 32.2. The van der Waals surface area contributed by atoms with Crippen LogP contribution in [0.2, 0.25) is 0 Å². The third-order valence-corrected chi connectivity index (χ3v) is 2.75. The van der Waals surface area contributed by atoms with Crippen molar-refractivity contribution in [1.82, 2.24) is 10.3 Å². The van der Waals surface area contributed by atoms with Crippen LogP contribution in [-0.4, -0.2) is 14.3 Å². The lowest BCUT2D eigenvalue weighted by molar-refractivity contribution is -0.119. The van der Waals surface area contributed by atoms with Gasteiger partial charge in [-0.1, -0.05) is 0 Å². The summed E-state index contributed by atoms with van der Waals surface area (Å²) < 4.78 is 35.3. The predicted molar refractivity (Wildman–Crippen MR) is 50.5 cm³/mol. The Morgan fingerprint density at radius 1 is 1.27 bits per heavy atom. The first kappa shape index (κ1) is 11.6. The first-order chi connectivity index (χ1) is 6.92. The predicted octanol–water partition coefficient (Wildman–Crippen LogP) is 0.155. The van der Waals surface area contributed by atoms with Gasteiger partial charge in [-0.2, -0.15) is 0 Å². The first-order valence-corrected chi connectivity index (χ1v) is 5.44. The monoisotopic (exact) mass is 232 g/mol. The van der Waals surface area contributed by atoms with E-state index in [4.69, 9.17) is 0 Å². The molecule has 5 nitrogen and oxygen atoms in total. The van der Waals surface area contributed by atoms with Crippen molar-refractivity contribution in [2.24, 2.45) is 0 Å². The molecule has 7 heteroatoms. The topological polar surface area (TPSA) is 75.3 Å². The number of hydrogen-bond acceptors (Lipinski definition) is 3. The van der Waals surface area contributed by atoms with E-state index in [0.29, 0.717) is 0 Å². The fraction of sp³-hybridized carbons (Fsp3) is 0.125. The van der Waals surface area contributed by atoms with Gasteiger partial charge in [0, 0.05) is 6.92 Å². The van der Waals surface area contributed by atoms with Crippen LogP contribution in [-0.2, 0) is 14.8 Å². The summed E-state index contributed by atoms with van der Waals surface area (Å²) >= 11 is 0. The molecule has 0 heterocycles. The largest absolute Gasteiger partial charge is 0.278 e. The smallest absolute Gasteiger partial charge is 0.257 e. The van der Waals surface area contributed by atoms with Crippen LogP contribution in [0.1, 0.15) is 6.92 Å². The van der Waals surface area contributed by atoms with Crippen LogP contribution < -0.4 is 10.3 Å². The fourth-order valence-electron chi connectivity index (χ4n) is 0.812. The number of carbonyl (C=O) groups is 1.